The molecular weight excluding hydrogens is 428 g/mol. The van der Waals surface area contributed by atoms with Gasteiger partial charge in [0, 0.05) is 44.7 Å². The van der Waals surface area contributed by atoms with E-state index in [9.17, 15) is 14.8 Å². The molecule has 1 aromatic heterocycles. The summed E-state index contributed by atoms with van der Waals surface area (Å²) in [5.41, 5.74) is 1.63. The Kier molecular flexibility index (Phi) is 6.81. The zero-order valence-electron chi connectivity index (χ0n) is 19.6. The molecule has 0 spiro atoms. The molecule has 1 N–H and O–H groups in total. The van der Waals surface area contributed by atoms with E-state index in [4.69, 9.17) is 0 Å². The first-order chi connectivity index (χ1) is 16.6. The van der Waals surface area contributed by atoms with Crippen molar-refractivity contribution < 1.29 is 14.3 Å². The van der Waals surface area contributed by atoms with Crippen LogP contribution in [0, 0.1) is 23.0 Å². The summed E-state index contributed by atoms with van der Waals surface area (Å²) in [4.78, 5) is 30.0. The zero-order valence-corrected chi connectivity index (χ0v) is 19.6. The summed E-state index contributed by atoms with van der Waals surface area (Å²) in [5.74, 6) is 1.26. The second-order valence-corrected chi connectivity index (χ2v) is 10.2. The Morgan fingerprint density at radius 2 is 1.71 bits per heavy atom. The van der Waals surface area contributed by atoms with Crippen LogP contribution in [0.2, 0.25) is 0 Å². The zero-order chi connectivity index (χ0) is 23.5. The molecule has 1 aliphatic carbocycles. The molecule has 2 aliphatic heterocycles. The van der Waals surface area contributed by atoms with Crippen molar-refractivity contribution in [1.29, 1.82) is 0 Å². The van der Waals surface area contributed by atoms with E-state index in [1.165, 1.54) is 18.0 Å². The number of nitrogens with zero attached hydrogens (tertiary/aromatic N) is 3. The highest BCUT2D eigenvalue weighted by Gasteiger charge is 2.42. The number of hydrogen-bond donors (Lipinski definition) is 1. The molecule has 0 radical (unpaired) electrons. The van der Waals surface area contributed by atoms with Gasteiger partial charge in [-0.3, -0.25) is 9.59 Å². The van der Waals surface area contributed by atoms with E-state index in [1.807, 2.05) is 23.1 Å². The minimum absolute atomic E-state index is 0.0321. The van der Waals surface area contributed by atoms with E-state index >= 15 is 0 Å². The van der Waals surface area contributed by atoms with Crippen LogP contribution in [0.1, 0.15) is 54.1 Å². The van der Waals surface area contributed by atoms with E-state index < -0.39 is 0 Å². The molecule has 1 aromatic carbocycles. The average molecular weight is 463 g/mol. The normalized spacial score (nSPS) is 23.7. The fourth-order valence-corrected chi connectivity index (χ4v) is 6.00. The van der Waals surface area contributed by atoms with Crippen molar-refractivity contribution in [1.82, 2.24) is 15.1 Å². The average Bonchev–Trinajstić information content (AvgIpc) is 3.59. The number of nitrogens with one attached hydrogen (secondary N) is 1. The molecule has 2 saturated heterocycles. The van der Waals surface area contributed by atoms with E-state index in [-0.39, 0.29) is 23.8 Å². The Hall–Kier alpha value is -2.93. The largest absolute Gasteiger partial charge is 0.619 e. The summed E-state index contributed by atoms with van der Waals surface area (Å²) in [6, 6.07) is 13.7. The summed E-state index contributed by atoms with van der Waals surface area (Å²) in [6.45, 7) is 4.37. The topological polar surface area (TPSA) is 79.6 Å². The van der Waals surface area contributed by atoms with Gasteiger partial charge in [-0.25, -0.2) is 0 Å². The Bertz CT molecular complexity index is 994. The summed E-state index contributed by atoms with van der Waals surface area (Å²) in [5, 5.41) is 14.9. The number of benzene rings is 1. The van der Waals surface area contributed by atoms with Crippen LogP contribution in [0.15, 0.2) is 54.9 Å². The first-order valence-corrected chi connectivity index (χ1v) is 12.6. The molecule has 1 saturated carbocycles. The van der Waals surface area contributed by atoms with Gasteiger partial charge >= 0.3 is 0 Å². The van der Waals surface area contributed by atoms with Gasteiger partial charge < -0.3 is 20.3 Å². The lowest BCUT2D eigenvalue weighted by Crippen LogP contribution is -2.37. The Morgan fingerprint density at radius 3 is 2.38 bits per heavy atom. The van der Waals surface area contributed by atoms with Crippen LogP contribution >= 0.6 is 0 Å². The van der Waals surface area contributed by atoms with Gasteiger partial charge in [0.25, 0.3) is 5.91 Å². The van der Waals surface area contributed by atoms with Gasteiger partial charge in [-0.2, -0.15) is 4.73 Å². The number of amides is 2. The summed E-state index contributed by atoms with van der Waals surface area (Å²) < 4.78 is 0.681. The molecule has 34 heavy (non-hydrogen) atoms. The number of rotatable bonds is 7. The minimum atomic E-state index is -0.0510. The number of aromatic nitrogens is 1. The molecular formula is C27H34N4O3. The van der Waals surface area contributed by atoms with Gasteiger partial charge in [-0.05, 0) is 42.7 Å². The van der Waals surface area contributed by atoms with Gasteiger partial charge in [0.2, 0.25) is 5.91 Å². The first kappa shape index (κ1) is 22.8. The predicted octanol–water partition coefficient (Wildman–Crippen LogP) is 2.76. The Labute approximate surface area is 201 Å². The molecule has 7 heteroatoms. The molecule has 3 atom stereocenters. The Balaban J connectivity index is 1.15. The molecule has 2 amide bonds. The quantitative estimate of drug-likeness (QED) is 0.507. The third-order valence-corrected chi connectivity index (χ3v) is 7.85. The van der Waals surface area contributed by atoms with Crippen molar-refractivity contribution >= 4 is 11.8 Å². The number of hydrogen-bond acceptors (Lipinski definition) is 4. The van der Waals surface area contributed by atoms with Crippen LogP contribution < -0.4 is 10.0 Å². The highest BCUT2D eigenvalue weighted by molar-refractivity contribution is 5.93. The van der Waals surface area contributed by atoms with Gasteiger partial charge in [0.15, 0.2) is 12.4 Å². The fraction of sp³-hybridized carbons (Fsp3) is 0.519. The van der Waals surface area contributed by atoms with Crippen molar-refractivity contribution in [2.24, 2.45) is 17.8 Å². The summed E-state index contributed by atoms with van der Waals surface area (Å²) in [6.07, 6.45) is 7.97. The predicted molar refractivity (Wildman–Crippen MR) is 129 cm³/mol. The highest BCUT2D eigenvalue weighted by Crippen LogP contribution is 2.33. The van der Waals surface area contributed by atoms with Gasteiger partial charge in [-0.1, -0.05) is 43.2 Å². The van der Waals surface area contributed by atoms with E-state index in [2.05, 4.69) is 22.3 Å². The maximum atomic E-state index is 12.8. The van der Waals surface area contributed by atoms with Gasteiger partial charge in [0.1, 0.15) is 5.56 Å². The number of fused-ring (bicyclic) bond motifs is 1. The molecule has 3 fully saturated rings. The fourth-order valence-electron chi connectivity index (χ4n) is 6.00. The minimum Gasteiger partial charge on any atom is -0.619 e. The van der Waals surface area contributed by atoms with Crippen molar-refractivity contribution in [3.63, 3.8) is 0 Å². The molecule has 2 unspecified atom stereocenters. The van der Waals surface area contributed by atoms with Crippen LogP contribution in [0.3, 0.4) is 0 Å². The third-order valence-electron chi connectivity index (χ3n) is 7.85. The standard InChI is InChI=1S/C27H34N4O3/c32-26(21-9-4-5-10-21)28-25(20-7-2-1-3-8-20)12-14-29-15-23-17-30(18-24(23)16-29)27(33)22-11-6-13-31(34)19-22/h1-3,6-8,11,13,19,21,23-25H,4-5,9-10,12,14-18H2,(H,28,32)/t23-,24?,25?/m0/s1. The first-order valence-electron chi connectivity index (χ1n) is 12.6. The lowest BCUT2D eigenvalue weighted by molar-refractivity contribution is -0.605. The smallest absolute Gasteiger partial charge is 0.259 e. The third kappa shape index (κ3) is 5.09. The molecule has 180 valence electrons. The van der Waals surface area contributed by atoms with Crippen LogP contribution in [0.25, 0.3) is 0 Å². The molecule has 5 rings (SSSR count). The maximum Gasteiger partial charge on any atom is 0.259 e. The number of pyridine rings is 1. The summed E-state index contributed by atoms with van der Waals surface area (Å²) in [7, 11) is 0. The SMILES string of the molecule is O=C(NC(CCN1CC2CN(C(=O)c3ccc[n+]([O-])c3)C[C@@H]2C1)c1ccccc1)C1CCCC1. The number of carbonyl (C=O) groups excluding carboxylic acids is 2. The van der Waals surface area contributed by atoms with Crippen LogP contribution in [0.4, 0.5) is 0 Å². The molecule has 3 aliphatic rings. The van der Waals surface area contributed by atoms with Crippen molar-refractivity contribution in [2.75, 3.05) is 32.7 Å². The second kappa shape index (κ2) is 10.1. The van der Waals surface area contributed by atoms with E-state index in [0.717, 1.165) is 64.8 Å². The van der Waals surface area contributed by atoms with Crippen LogP contribution in [0.5, 0.6) is 0 Å². The lowest BCUT2D eigenvalue weighted by Gasteiger charge is -2.25. The summed E-state index contributed by atoms with van der Waals surface area (Å²) >= 11 is 0. The lowest BCUT2D eigenvalue weighted by atomic mass is 10.0. The van der Waals surface area contributed by atoms with Crippen LogP contribution in [-0.2, 0) is 4.79 Å². The van der Waals surface area contributed by atoms with Crippen molar-refractivity contribution in [3.05, 3.63) is 71.2 Å². The molecule has 7 nitrogen and oxygen atoms in total. The Morgan fingerprint density at radius 1 is 1.00 bits per heavy atom. The monoisotopic (exact) mass is 462 g/mol. The molecule has 2 aromatic rings. The van der Waals surface area contributed by atoms with Gasteiger partial charge in [0.05, 0.1) is 6.04 Å². The van der Waals surface area contributed by atoms with Crippen LogP contribution in [-0.4, -0.2) is 54.3 Å². The number of carbonyl (C=O) groups is 2. The maximum absolute atomic E-state index is 12.8. The van der Waals surface area contributed by atoms with E-state index in [0.29, 0.717) is 22.1 Å². The highest BCUT2D eigenvalue weighted by atomic mass is 16.5. The molecule has 0 bridgehead atoms. The van der Waals surface area contributed by atoms with Gasteiger partial charge in [-0.15, -0.1) is 0 Å². The number of likely N-dealkylation sites (tertiary alicyclic amines) is 2. The molecule has 3 heterocycles. The van der Waals surface area contributed by atoms with Crippen molar-refractivity contribution in [2.45, 2.75) is 38.1 Å². The van der Waals surface area contributed by atoms with E-state index in [1.54, 1.807) is 12.1 Å². The van der Waals surface area contributed by atoms with Crippen molar-refractivity contribution in [3.8, 4) is 0 Å². The second-order valence-electron chi connectivity index (χ2n) is 10.2.